The number of ether oxygens (including phenoxy) is 1. The maximum atomic E-state index is 13.8. The number of nitro groups is 1. The van der Waals surface area contributed by atoms with Crippen LogP contribution in [0.4, 0.5) is 11.4 Å². The number of carbonyl (C=O) groups excluding carboxylic acids is 1. The first-order chi connectivity index (χ1) is 14.9. The average molecular weight is 414 g/mol. The number of non-ortho nitro benzene ring substituents is 1. The van der Waals surface area contributed by atoms with Crippen molar-refractivity contribution in [2.45, 2.75) is 5.41 Å². The summed E-state index contributed by atoms with van der Waals surface area (Å²) in [5.41, 5.74) is 6.11. The van der Waals surface area contributed by atoms with Gasteiger partial charge in [0.2, 0.25) is 17.7 Å². The Morgan fingerprint density at radius 3 is 2.71 bits per heavy atom. The number of amides is 1. The number of H-pyrrole nitrogens is 1. The van der Waals surface area contributed by atoms with Crippen LogP contribution in [-0.4, -0.2) is 28.1 Å². The number of hydrogen-bond acceptors (Lipinski definition) is 7. The summed E-state index contributed by atoms with van der Waals surface area (Å²) in [7, 11) is 1.55. The predicted molar refractivity (Wildman–Crippen MR) is 109 cm³/mol. The Balaban J connectivity index is 1.94. The number of nitriles is 1. The molecule has 0 saturated carbocycles. The number of nitrogens with zero attached hydrogens (tertiary/aromatic N) is 4. The molecule has 10 nitrogen and oxygen atoms in total. The molecule has 0 fully saturated rings. The molecule has 1 aromatic heterocycles. The molecule has 3 heterocycles. The van der Waals surface area contributed by atoms with Gasteiger partial charge in [0.1, 0.15) is 17.1 Å². The molecule has 0 bridgehead atoms. The number of nitrogens with one attached hydrogen (secondary N) is 1. The van der Waals surface area contributed by atoms with E-state index in [4.69, 9.17) is 10.5 Å². The molecule has 0 aliphatic carbocycles. The molecule has 152 valence electrons. The molecule has 31 heavy (non-hydrogen) atoms. The first kappa shape index (κ1) is 18.4. The third-order valence-corrected chi connectivity index (χ3v) is 5.69. The van der Waals surface area contributed by atoms with E-state index >= 15 is 0 Å². The standard InChI is InChI=1S/C21H14N6O4/c1-26-15-8-7-12(27(29)30)9-13(15)21(20(26)28)14(10-22)18(23)31-19-16(21)17(24-25-19)11-5-3-2-4-6-11/h2-9H,23H2,1H3,(H,24,25)/t21-/m0/s1. The van der Waals surface area contributed by atoms with Gasteiger partial charge in [0.05, 0.1) is 16.2 Å². The van der Waals surface area contributed by atoms with Crippen molar-refractivity contribution in [2.24, 2.45) is 5.73 Å². The minimum atomic E-state index is -1.74. The third-order valence-electron chi connectivity index (χ3n) is 5.69. The molecule has 0 radical (unpaired) electrons. The highest BCUT2D eigenvalue weighted by molar-refractivity contribution is 6.15. The van der Waals surface area contributed by atoms with Crippen molar-refractivity contribution in [3.63, 3.8) is 0 Å². The summed E-state index contributed by atoms with van der Waals surface area (Å²) in [6.07, 6.45) is 0. The molecule has 10 heteroatoms. The zero-order chi connectivity index (χ0) is 21.9. The van der Waals surface area contributed by atoms with Crippen molar-refractivity contribution >= 4 is 17.3 Å². The second-order valence-electron chi connectivity index (χ2n) is 7.17. The molecule has 0 unspecified atom stereocenters. The van der Waals surface area contributed by atoms with Gasteiger partial charge in [-0.2, -0.15) is 5.26 Å². The fourth-order valence-corrected chi connectivity index (χ4v) is 4.35. The lowest BCUT2D eigenvalue weighted by Crippen LogP contribution is -2.45. The van der Waals surface area contributed by atoms with Crippen LogP contribution in [0.15, 0.2) is 60.0 Å². The largest absolute Gasteiger partial charge is 0.420 e. The van der Waals surface area contributed by atoms with Crippen molar-refractivity contribution in [2.75, 3.05) is 11.9 Å². The van der Waals surface area contributed by atoms with E-state index in [1.807, 2.05) is 36.4 Å². The maximum absolute atomic E-state index is 13.8. The van der Waals surface area contributed by atoms with E-state index in [1.165, 1.54) is 23.1 Å². The average Bonchev–Trinajstić information content (AvgIpc) is 3.28. The number of likely N-dealkylation sites (N-methyl/N-ethyl adjacent to an activating group) is 1. The summed E-state index contributed by atoms with van der Waals surface area (Å²) in [4.78, 5) is 26.1. The second kappa shape index (κ2) is 6.17. The maximum Gasteiger partial charge on any atom is 0.269 e. The van der Waals surface area contributed by atoms with Gasteiger partial charge >= 0.3 is 0 Å². The Morgan fingerprint density at radius 1 is 1.29 bits per heavy atom. The van der Waals surface area contributed by atoms with E-state index in [9.17, 15) is 20.2 Å². The van der Waals surface area contributed by atoms with Crippen LogP contribution < -0.4 is 15.4 Å². The molecular weight excluding hydrogens is 400 g/mol. The van der Waals surface area contributed by atoms with Crippen molar-refractivity contribution < 1.29 is 14.5 Å². The van der Waals surface area contributed by atoms with Gasteiger partial charge in [-0.15, -0.1) is 5.10 Å². The van der Waals surface area contributed by atoms with Crippen molar-refractivity contribution in [3.05, 3.63) is 81.2 Å². The minimum Gasteiger partial charge on any atom is -0.420 e. The van der Waals surface area contributed by atoms with E-state index in [0.717, 1.165) is 0 Å². The first-order valence-electron chi connectivity index (χ1n) is 9.20. The first-order valence-corrected chi connectivity index (χ1v) is 9.20. The van der Waals surface area contributed by atoms with Crippen LogP contribution in [0.5, 0.6) is 5.88 Å². The Labute approximate surface area is 175 Å². The summed E-state index contributed by atoms with van der Waals surface area (Å²) in [5.74, 6) is -0.718. The van der Waals surface area contributed by atoms with Gasteiger partial charge < -0.3 is 15.4 Å². The Bertz CT molecular complexity index is 1350. The highest BCUT2D eigenvalue weighted by Gasteiger charge is 2.61. The molecule has 3 aromatic rings. The Hall–Kier alpha value is -4.65. The Kier molecular flexibility index (Phi) is 3.66. The number of rotatable bonds is 2. The number of nitrogens with two attached hydrogens (primary N) is 1. The van der Waals surface area contributed by atoms with Gasteiger partial charge in [-0.05, 0) is 6.07 Å². The fraction of sp³-hybridized carbons (Fsp3) is 0.0952. The monoisotopic (exact) mass is 414 g/mol. The lowest BCUT2D eigenvalue weighted by atomic mass is 9.68. The number of carbonyl (C=O) groups is 1. The van der Waals surface area contributed by atoms with E-state index in [0.29, 0.717) is 22.5 Å². The third kappa shape index (κ3) is 2.20. The number of aromatic amines is 1. The van der Waals surface area contributed by atoms with Crippen molar-refractivity contribution in [1.29, 1.82) is 5.26 Å². The van der Waals surface area contributed by atoms with Gasteiger partial charge in [-0.25, -0.2) is 0 Å². The normalized spacial score (nSPS) is 19.1. The van der Waals surface area contributed by atoms with E-state index in [-0.39, 0.29) is 28.6 Å². The second-order valence-corrected chi connectivity index (χ2v) is 7.17. The highest BCUT2D eigenvalue weighted by atomic mass is 16.6. The molecule has 2 aromatic carbocycles. The number of hydrogen-bond donors (Lipinski definition) is 2. The summed E-state index contributed by atoms with van der Waals surface area (Å²) in [6, 6.07) is 15.2. The molecule has 0 saturated heterocycles. The van der Waals surface area contributed by atoms with Gasteiger partial charge in [0, 0.05) is 36.0 Å². The van der Waals surface area contributed by atoms with Crippen LogP contribution in [0.1, 0.15) is 11.1 Å². The van der Waals surface area contributed by atoms with Crippen LogP contribution in [0.2, 0.25) is 0 Å². The summed E-state index contributed by atoms with van der Waals surface area (Å²) in [6.45, 7) is 0. The predicted octanol–water partition coefficient (Wildman–Crippen LogP) is 2.33. The van der Waals surface area contributed by atoms with Crippen LogP contribution in [0.25, 0.3) is 11.3 Å². The zero-order valence-corrected chi connectivity index (χ0v) is 16.1. The molecule has 2 aliphatic heterocycles. The molecule has 2 aliphatic rings. The summed E-state index contributed by atoms with van der Waals surface area (Å²) >= 11 is 0. The van der Waals surface area contributed by atoms with Crippen molar-refractivity contribution in [3.8, 4) is 23.2 Å². The molecular formula is C21H14N6O4. The van der Waals surface area contributed by atoms with E-state index in [2.05, 4.69) is 10.2 Å². The van der Waals surface area contributed by atoms with Gasteiger partial charge in [-0.3, -0.25) is 20.0 Å². The fourth-order valence-electron chi connectivity index (χ4n) is 4.35. The number of anilines is 1. The summed E-state index contributed by atoms with van der Waals surface area (Å²) < 4.78 is 5.59. The van der Waals surface area contributed by atoms with Crippen LogP contribution in [-0.2, 0) is 10.2 Å². The number of aromatic nitrogens is 2. The molecule has 5 rings (SSSR count). The number of nitro benzene ring substituents is 1. The molecule has 3 N–H and O–H groups in total. The zero-order valence-electron chi connectivity index (χ0n) is 16.1. The lowest BCUT2D eigenvalue weighted by molar-refractivity contribution is -0.384. The van der Waals surface area contributed by atoms with Gasteiger partial charge in [0.25, 0.3) is 5.69 Å². The van der Waals surface area contributed by atoms with Gasteiger partial charge in [0.15, 0.2) is 0 Å². The molecule has 1 spiro atoms. The smallest absolute Gasteiger partial charge is 0.269 e. The number of benzene rings is 2. The molecule has 1 atom stereocenters. The lowest BCUT2D eigenvalue weighted by Gasteiger charge is -2.32. The molecule has 1 amide bonds. The number of fused-ring (bicyclic) bond motifs is 4. The Morgan fingerprint density at radius 2 is 2.03 bits per heavy atom. The quantitative estimate of drug-likeness (QED) is 0.482. The van der Waals surface area contributed by atoms with E-state index < -0.39 is 16.2 Å². The highest BCUT2D eigenvalue weighted by Crippen LogP contribution is 2.57. The summed E-state index contributed by atoms with van der Waals surface area (Å²) in [5, 5.41) is 28.6. The van der Waals surface area contributed by atoms with Crippen LogP contribution in [0.3, 0.4) is 0 Å². The SMILES string of the molecule is CN1C(=O)[C@]2(C(C#N)=C(N)Oc3n[nH]c(-c4ccccc4)c32)c2cc([N+](=O)[O-])ccc21. The van der Waals surface area contributed by atoms with Crippen LogP contribution >= 0.6 is 0 Å². The topological polar surface area (TPSA) is 151 Å². The van der Waals surface area contributed by atoms with Gasteiger partial charge in [-0.1, -0.05) is 30.3 Å². The minimum absolute atomic E-state index is 0.0384. The van der Waals surface area contributed by atoms with E-state index in [1.54, 1.807) is 7.05 Å². The van der Waals surface area contributed by atoms with Crippen LogP contribution in [0, 0.1) is 21.4 Å². The van der Waals surface area contributed by atoms with Crippen molar-refractivity contribution in [1.82, 2.24) is 10.2 Å².